The molecule has 4 nitrogen and oxygen atoms in total. The Morgan fingerprint density at radius 1 is 1.38 bits per heavy atom. The highest BCUT2D eigenvalue weighted by molar-refractivity contribution is 9.10. The van der Waals surface area contributed by atoms with Crippen molar-refractivity contribution >= 4 is 21.8 Å². The van der Waals surface area contributed by atoms with E-state index in [4.69, 9.17) is 9.47 Å². The molecular weight excluding hydrogens is 370 g/mol. The molecule has 1 aliphatic heterocycles. The normalized spacial score (nSPS) is 15.5. The van der Waals surface area contributed by atoms with Gasteiger partial charge in [-0.1, -0.05) is 12.1 Å². The van der Waals surface area contributed by atoms with Crippen molar-refractivity contribution in [3.8, 4) is 11.5 Å². The zero-order valence-corrected chi connectivity index (χ0v) is 15.4. The van der Waals surface area contributed by atoms with E-state index >= 15 is 0 Å². The van der Waals surface area contributed by atoms with Crippen molar-refractivity contribution in [3.63, 3.8) is 0 Å². The van der Waals surface area contributed by atoms with Crippen LogP contribution in [0.15, 0.2) is 40.9 Å². The fourth-order valence-corrected chi connectivity index (χ4v) is 3.29. The first kappa shape index (κ1) is 16.8. The van der Waals surface area contributed by atoms with E-state index in [-0.39, 0.29) is 12.0 Å². The maximum atomic E-state index is 12.4. The van der Waals surface area contributed by atoms with Crippen LogP contribution in [0.2, 0.25) is 0 Å². The third-order valence-corrected chi connectivity index (χ3v) is 4.63. The lowest BCUT2D eigenvalue weighted by Crippen LogP contribution is -2.23. The van der Waals surface area contributed by atoms with Gasteiger partial charge in [-0.3, -0.25) is 4.79 Å². The van der Waals surface area contributed by atoms with E-state index in [2.05, 4.69) is 28.2 Å². The minimum atomic E-state index is -0.125. The molecule has 1 heterocycles. The Morgan fingerprint density at radius 2 is 2.17 bits per heavy atom. The van der Waals surface area contributed by atoms with Gasteiger partial charge < -0.3 is 14.8 Å². The smallest absolute Gasteiger partial charge is 0.252 e. The fourth-order valence-electron chi connectivity index (χ4n) is 2.83. The average molecular weight is 390 g/mol. The molecule has 2 aromatic carbocycles. The molecule has 24 heavy (non-hydrogen) atoms. The van der Waals surface area contributed by atoms with E-state index in [0.29, 0.717) is 18.7 Å². The van der Waals surface area contributed by atoms with E-state index < -0.39 is 0 Å². The second-order valence-corrected chi connectivity index (χ2v) is 6.65. The van der Waals surface area contributed by atoms with Crippen molar-refractivity contribution in [3.05, 3.63) is 57.6 Å². The Morgan fingerprint density at radius 3 is 2.92 bits per heavy atom. The Bertz CT molecular complexity index is 760. The summed E-state index contributed by atoms with van der Waals surface area (Å²) in [7, 11) is 0. The molecule has 0 fully saturated rings. The van der Waals surface area contributed by atoms with Gasteiger partial charge in [-0.2, -0.15) is 0 Å². The number of carbonyl (C=O) groups is 1. The van der Waals surface area contributed by atoms with E-state index in [0.717, 1.165) is 33.5 Å². The summed E-state index contributed by atoms with van der Waals surface area (Å²) in [5.41, 5.74) is 2.69. The summed E-state index contributed by atoms with van der Waals surface area (Å²) >= 11 is 3.40. The number of halogens is 1. The highest BCUT2D eigenvalue weighted by Gasteiger charge is 2.22. The number of ether oxygens (including phenoxy) is 2. The third-order valence-electron chi connectivity index (χ3n) is 3.94. The van der Waals surface area contributed by atoms with Crippen LogP contribution in [-0.2, 0) is 13.0 Å². The summed E-state index contributed by atoms with van der Waals surface area (Å²) in [6, 6.07) is 11.4. The summed E-state index contributed by atoms with van der Waals surface area (Å²) in [4.78, 5) is 12.4. The van der Waals surface area contributed by atoms with Gasteiger partial charge in [0.05, 0.1) is 12.2 Å². The van der Waals surface area contributed by atoms with Gasteiger partial charge in [0.2, 0.25) is 0 Å². The lowest BCUT2D eigenvalue weighted by Gasteiger charge is -2.13. The highest BCUT2D eigenvalue weighted by atomic mass is 79.9. The molecule has 0 radical (unpaired) electrons. The van der Waals surface area contributed by atoms with Crippen molar-refractivity contribution in [2.75, 3.05) is 6.61 Å². The molecular formula is C19H20BrNO3. The SMILES string of the molecule is CCOc1cc2c(cc1CNC(=O)c1ccccc1Br)O[C@@H](C)C2. The molecule has 1 atom stereocenters. The van der Waals surface area contributed by atoms with Gasteiger partial charge in [-0.05, 0) is 54.0 Å². The number of benzene rings is 2. The molecule has 5 heteroatoms. The maximum Gasteiger partial charge on any atom is 0.252 e. The molecule has 0 aromatic heterocycles. The molecule has 1 aliphatic rings. The average Bonchev–Trinajstić information content (AvgIpc) is 2.92. The molecule has 3 rings (SSSR count). The van der Waals surface area contributed by atoms with Gasteiger partial charge in [0.25, 0.3) is 5.91 Å². The van der Waals surface area contributed by atoms with Crippen molar-refractivity contribution in [2.45, 2.75) is 32.9 Å². The molecule has 2 aromatic rings. The van der Waals surface area contributed by atoms with Gasteiger partial charge in [0.15, 0.2) is 0 Å². The fraction of sp³-hybridized carbons (Fsp3) is 0.316. The monoisotopic (exact) mass is 389 g/mol. The minimum absolute atomic E-state index is 0.125. The predicted octanol–water partition coefficient (Wildman–Crippen LogP) is 4.10. The van der Waals surface area contributed by atoms with Crippen LogP contribution < -0.4 is 14.8 Å². The number of rotatable bonds is 5. The van der Waals surface area contributed by atoms with E-state index in [1.165, 1.54) is 0 Å². The minimum Gasteiger partial charge on any atom is -0.494 e. The third kappa shape index (κ3) is 3.56. The van der Waals surface area contributed by atoms with E-state index in [9.17, 15) is 4.79 Å². The van der Waals surface area contributed by atoms with Crippen molar-refractivity contribution in [2.24, 2.45) is 0 Å². The number of carbonyl (C=O) groups excluding carboxylic acids is 1. The number of fused-ring (bicyclic) bond motifs is 1. The first-order valence-corrected chi connectivity index (χ1v) is 8.85. The first-order chi connectivity index (χ1) is 11.6. The standard InChI is InChI=1S/C19H20BrNO3/c1-3-23-17-9-13-8-12(2)24-18(13)10-14(17)11-21-19(22)15-6-4-5-7-16(15)20/h4-7,9-10,12H,3,8,11H2,1-2H3,(H,21,22)/t12-/m0/s1. The molecule has 126 valence electrons. The first-order valence-electron chi connectivity index (χ1n) is 8.06. The van der Waals surface area contributed by atoms with Crippen LogP contribution in [0.3, 0.4) is 0 Å². The zero-order valence-electron chi connectivity index (χ0n) is 13.8. The summed E-state index contributed by atoms with van der Waals surface area (Å²) in [6.45, 7) is 4.98. The van der Waals surface area contributed by atoms with Crippen molar-refractivity contribution in [1.29, 1.82) is 0 Å². The van der Waals surface area contributed by atoms with Gasteiger partial charge >= 0.3 is 0 Å². The van der Waals surface area contributed by atoms with Gasteiger partial charge in [0, 0.05) is 28.6 Å². The largest absolute Gasteiger partial charge is 0.494 e. The molecule has 1 amide bonds. The highest BCUT2D eigenvalue weighted by Crippen LogP contribution is 2.35. The van der Waals surface area contributed by atoms with Crippen LogP contribution in [0.5, 0.6) is 11.5 Å². The van der Waals surface area contributed by atoms with Crippen LogP contribution in [-0.4, -0.2) is 18.6 Å². The summed E-state index contributed by atoms with van der Waals surface area (Å²) in [5, 5.41) is 2.95. The van der Waals surface area contributed by atoms with Crippen LogP contribution in [0.25, 0.3) is 0 Å². The number of amides is 1. The van der Waals surface area contributed by atoms with Gasteiger partial charge in [-0.15, -0.1) is 0 Å². The molecule has 0 unspecified atom stereocenters. The Balaban J connectivity index is 1.78. The summed E-state index contributed by atoms with van der Waals surface area (Å²) in [5.74, 6) is 1.57. The Hall–Kier alpha value is -2.01. The molecule has 0 aliphatic carbocycles. The number of hydrogen-bond donors (Lipinski definition) is 1. The van der Waals surface area contributed by atoms with Crippen LogP contribution in [0.1, 0.15) is 35.3 Å². The topological polar surface area (TPSA) is 47.6 Å². The van der Waals surface area contributed by atoms with Crippen molar-refractivity contribution in [1.82, 2.24) is 5.32 Å². The lowest BCUT2D eigenvalue weighted by atomic mass is 10.1. The van der Waals surface area contributed by atoms with Crippen LogP contribution >= 0.6 is 15.9 Å². The summed E-state index contributed by atoms with van der Waals surface area (Å²) < 4.78 is 12.3. The Labute approximate surface area is 150 Å². The molecule has 1 N–H and O–H groups in total. The quantitative estimate of drug-likeness (QED) is 0.836. The van der Waals surface area contributed by atoms with Gasteiger partial charge in [-0.25, -0.2) is 0 Å². The summed E-state index contributed by atoms with van der Waals surface area (Å²) in [6.07, 6.45) is 1.07. The molecule has 0 saturated carbocycles. The number of nitrogens with one attached hydrogen (secondary N) is 1. The molecule has 0 saturated heterocycles. The van der Waals surface area contributed by atoms with Gasteiger partial charge in [0.1, 0.15) is 17.6 Å². The van der Waals surface area contributed by atoms with E-state index in [1.807, 2.05) is 37.3 Å². The van der Waals surface area contributed by atoms with Crippen LogP contribution in [0.4, 0.5) is 0 Å². The predicted molar refractivity (Wildman–Crippen MR) is 96.7 cm³/mol. The Kier molecular flexibility index (Phi) is 5.09. The van der Waals surface area contributed by atoms with E-state index in [1.54, 1.807) is 6.07 Å². The second kappa shape index (κ2) is 7.26. The molecule has 0 spiro atoms. The van der Waals surface area contributed by atoms with Crippen LogP contribution in [0, 0.1) is 0 Å². The maximum absolute atomic E-state index is 12.4. The second-order valence-electron chi connectivity index (χ2n) is 5.80. The lowest BCUT2D eigenvalue weighted by molar-refractivity contribution is 0.0950. The molecule has 0 bridgehead atoms. The zero-order chi connectivity index (χ0) is 17.1. The van der Waals surface area contributed by atoms with Crippen molar-refractivity contribution < 1.29 is 14.3 Å². The number of hydrogen-bond acceptors (Lipinski definition) is 3.